The Morgan fingerprint density at radius 1 is 1.05 bits per heavy atom. The number of carbonyl (C=O) groups is 1. The highest BCUT2D eigenvalue weighted by molar-refractivity contribution is 5.56. The van der Waals surface area contributed by atoms with Crippen molar-refractivity contribution in [1.29, 1.82) is 0 Å². The maximum absolute atomic E-state index is 10.0. The van der Waals surface area contributed by atoms with E-state index in [4.69, 9.17) is 15.3 Å². The lowest BCUT2D eigenvalue weighted by Gasteiger charge is -2.26. The lowest BCUT2D eigenvalue weighted by atomic mass is 9.88. The summed E-state index contributed by atoms with van der Waals surface area (Å²) in [5.74, 6) is 0. The number of hydrogen-bond donors (Lipinski definition) is 3. The molecule has 0 heterocycles. The Balaban J connectivity index is -0.000000132. The van der Waals surface area contributed by atoms with Gasteiger partial charge in [-0.15, -0.1) is 19.7 Å². The molecule has 5 nitrogen and oxygen atoms in total. The van der Waals surface area contributed by atoms with Crippen molar-refractivity contribution in [3.05, 3.63) is 38.0 Å². The summed E-state index contributed by atoms with van der Waals surface area (Å²) in [6, 6.07) is 0. The van der Waals surface area contributed by atoms with E-state index in [1.54, 1.807) is 25.2 Å². The van der Waals surface area contributed by atoms with E-state index in [0.717, 1.165) is 0 Å². The van der Waals surface area contributed by atoms with Crippen LogP contribution in [0.3, 0.4) is 0 Å². The first kappa shape index (κ1) is 27.7. The van der Waals surface area contributed by atoms with Gasteiger partial charge in [-0.25, -0.2) is 4.79 Å². The third-order valence-corrected chi connectivity index (χ3v) is 1.92. The predicted molar refractivity (Wildman–Crippen MR) is 88.5 cm³/mol. The quantitative estimate of drug-likeness (QED) is 0.533. The minimum atomic E-state index is -1.39. The summed E-state index contributed by atoms with van der Waals surface area (Å²) in [4.78, 5) is 10.0. The zero-order valence-corrected chi connectivity index (χ0v) is 13.8. The number of carboxylic acid groups (broad SMARTS) is 1. The SMILES string of the molecule is C=CC.C=CC.C=CC.CCC(CO)(CO)COC(=O)O. The predicted octanol–water partition coefficient (Wildman–Crippen LogP) is 3.64. The summed E-state index contributed by atoms with van der Waals surface area (Å²) in [6.45, 7) is 16.8. The zero-order valence-electron chi connectivity index (χ0n) is 13.8. The van der Waals surface area contributed by atoms with Crippen molar-refractivity contribution in [2.75, 3.05) is 19.8 Å². The Kier molecular flexibility index (Phi) is 31.0. The third-order valence-electron chi connectivity index (χ3n) is 1.92. The normalized spacial score (nSPS) is 8.29. The van der Waals surface area contributed by atoms with Crippen molar-refractivity contribution in [3.63, 3.8) is 0 Å². The van der Waals surface area contributed by atoms with E-state index in [0.29, 0.717) is 6.42 Å². The summed E-state index contributed by atoms with van der Waals surface area (Å²) in [5.41, 5.74) is -0.835. The Hall–Kier alpha value is -1.59. The summed E-state index contributed by atoms with van der Waals surface area (Å²) < 4.78 is 4.28. The molecule has 0 saturated carbocycles. The average molecular weight is 304 g/mol. The summed E-state index contributed by atoms with van der Waals surface area (Å²) in [6.07, 6.45) is 4.32. The van der Waals surface area contributed by atoms with Crippen LogP contribution in [0.2, 0.25) is 0 Å². The molecule has 3 N–H and O–H groups in total. The van der Waals surface area contributed by atoms with Gasteiger partial charge < -0.3 is 20.1 Å². The molecular formula is C16H32O5. The Morgan fingerprint density at radius 3 is 1.48 bits per heavy atom. The highest BCUT2D eigenvalue weighted by Crippen LogP contribution is 2.20. The summed E-state index contributed by atoms with van der Waals surface area (Å²) in [7, 11) is 0. The van der Waals surface area contributed by atoms with E-state index >= 15 is 0 Å². The third kappa shape index (κ3) is 27.6. The zero-order chi connectivity index (χ0) is 17.7. The molecule has 126 valence electrons. The lowest BCUT2D eigenvalue weighted by molar-refractivity contribution is -0.0177. The monoisotopic (exact) mass is 304 g/mol. The molecule has 0 spiro atoms. The van der Waals surface area contributed by atoms with Gasteiger partial charge in [-0.05, 0) is 27.2 Å². The van der Waals surface area contributed by atoms with Crippen molar-refractivity contribution in [2.45, 2.75) is 34.1 Å². The van der Waals surface area contributed by atoms with Gasteiger partial charge in [-0.3, -0.25) is 0 Å². The standard InChI is InChI=1S/C7H14O5.3C3H6/c1-2-7(3-8,4-9)5-12-6(10)11;3*1-3-2/h8-9H,2-5H2,1H3,(H,10,11);3*3H,1H2,2H3. The van der Waals surface area contributed by atoms with Gasteiger partial charge in [-0.2, -0.15) is 0 Å². The van der Waals surface area contributed by atoms with Gasteiger partial charge in [0.15, 0.2) is 0 Å². The second kappa shape index (κ2) is 23.5. The number of allylic oxidation sites excluding steroid dienone is 3. The fraction of sp³-hybridized carbons (Fsp3) is 0.562. The second-order valence-corrected chi connectivity index (χ2v) is 3.95. The molecule has 5 heteroatoms. The van der Waals surface area contributed by atoms with Crippen molar-refractivity contribution in [3.8, 4) is 0 Å². The highest BCUT2D eigenvalue weighted by atomic mass is 16.7. The molecule has 0 saturated heterocycles. The summed E-state index contributed by atoms with van der Waals surface area (Å²) in [5, 5.41) is 25.9. The summed E-state index contributed by atoms with van der Waals surface area (Å²) >= 11 is 0. The molecule has 0 aromatic carbocycles. The van der Waals surface area contributed by atoms with E-state index in [1.165, 1.54) is 0 Å². The Bertz CT molecular complexity index is 223. The average Bonchev–Trinajstić information content (AvgIpc) is 2.43. The van der Waals surface area contributed by atoms with Crippen LogP contribution < -0.4 is 0 Å². The molecule has 0 amide bonds. The molecule has 0 aliphatic heterocycles. The van der Waals surface area contributed by atoms with Crippen LogP contribution in [0.15, 0.2) is 38.0 Å². The second-order valence-electron chi connectivity index (χ2n) is 3.95. The van der Waals surface area contributed by atoms with Crippen LogP contribution in [0.1, 0.15) is 34.1 Å². The van der Waals surface area contributed by atoms with Gasteiger partial charge in [-0.1, -0.05) is 25.2 Å². The van der Waals surface area contributed by atoms with Crippen LogP contribution in [0.4, 0.5) is 4.79 Å². The maximum Gasteiger partial charge on any atom is 0.505 e. The molecule has 0 atom stereocenters. The topological polar surface area (TPSA) is 87.0 Å². The van der Waals surface area contributed by atoms with Gasteiger partial charge in [0, 0.05) is 0 Å². The van der Waals surface area contributed by atoms with E-state index in [9.17, 15) is 4.79 Å². The maximum atomic E-state index is 10.0. The van der Waals surface area contributed by atoms with Gasteiger partial charge in [0.25, 0.3) is 0 Å². The molecule has 0 rings (SSSR count). The van der Waals surface area contributed by atoms with Crippen molar-refractivity contribution < 1.29 is 24.9 Å². The number of aliphatic hydroxyl groups is 2. The number of rotatable bonds is 5. The lowest BCUT2D eigenvalue weighted by Crippen LogP contribution is -2.35. The molecule has 0 aliphatic rings. The molecule has 0 fully saturated rings. The van der Waals surface area contributed by atoms with Crippen LogP contribution in [0.25, 0.3) is 0 Å². The van der Waals surface area contributed by atoms with Crippen molar-refractivity contribution in [1.82, 2.24) is 0 Å². The minimum Gasteiger partial charge on any atom is -0.450 e. The molecule has 0 aromatic heterocycles. The van der Waals surface area contributed by atoms with Gasteiger partial charge in [0.2, 0.25) is 0 Å². The first-order chi connectivity index (χ1) is 9.84. The molecule has 0 unspecified atom stereocenters. The van der Waals surface area contributed by atoms with Gasteiger partial charge in [0.1, 0.15) is 6.61 Å². The largest absolute Gasteiger partial charge is 0.505 e. The van der Waals surface area contributed by atoms with Crippen LogP contribution in [-0.2, 0) is 4.74 Å². The molecule has 0 aliphatic carbocycles. The fourth-order valence-electron chi connectivity index (χ4n) is 0.682. The van der Waals surface area contributed by atoms with Crippen LogP contribution in [0.5, 0.6) is 0 Å². The van der Waals surface area contributed by atoms with Crippen LogP contribution in [0, 0.1) is 5.41 Å². The molecule has 0 bridgehead atoms. The van der Waals surface area contributed by atoms with Crippen LogP contribution in [-0.4, -0.2) is 41.3 Å². The van der Waals surface area contributed by atoms with E-state index in [1.807, 2.05) is 20.8 Å². The molecule has 0 radical (unpaired) electrons. The highest BCUT2D eigenvalue weighted by Gasteiger charge is 2.28. The fourth-order valence-corrected chi connectivity index (χ4v) is 0.682. The number of hydrogen-bond acceptors (Lipinski definition) is 4. The molecular weight excluding hydrogens is 272 g/mol. The number of aliphatic hydroxyl groups excluding tert-OH is 2. The first-order valence-electron chi connectivity index (χ1n) is 6.63. The Labute approximate surface area is 129 Å². The smallest absolute Gasteiger partial charge is 0.450 e. The van der Waals surface area contributed by atoms with E-state index in [2.05, 4.69) is 24.5 Å². The Morgan fingerprint density at radius 2 is 1.33 bits per heavy atom. The van der Waals surface area contributed by atoms with Gasteiger partial charge in [0.05, 0.1) is 18.6 Å². The van der Waals surface area contributed by atoms with Crippen molar-refractivity contribution in [2.24, 2.45) is 5.41 Å². The first-order valence-corrected chi connectivity index (χ1v) is 6.63. The van der Waals surface area contributed by atoms with E-state index in [-0.39, 0.29) is 19.8 Å². The van der Waals surface area contributed by atoms with Gasteiger partial charge >= 0.3 is 6.16 Å². The van der Waals surface area contributed by atoms with Crippen molar-refractivity contribution >= 4 is 6.16 Å². The van der Waals surface area contributed by atoms with Crippen LogP contribution >= 0.6 is 0 Å². The molecule has 0 aromatic rings. The minimum absolute atomic E-state index is 0.175. The van der Waals surface area contributed by atoms with E-state index < -0.39 is 11.6 Å². The number of ether oxygens (including phenoxy) is 1. The molecule has 21 heavy (non-hydrogen) atoms.